The maximum absolute atomic E-state index is 13.3. The Morgan fingerprint density at radius 1 is 1.11 bits per heavy atom. The Morgan fingerprint density at radius 2 is 1.81 bits per heavy atom. The number of phenolic OH excluding ortho intramolecular Hbond substituents is 1. The number of ether oxygens (including phenoxy) is 2. The van der Waals surface area contributed by atoms with Crippen LogP contribution in [0.1, 0.15) is 50.4 Å². The number of rotatable bonds is 11. The lowest BCUT2D eigenvalue weighted by Crippen LogP contribution is -2.38. The molecule has 1 saturated heterocycles. The highest BCUT2D eigenvalue weighted by Crippen LogP contribution is 2.42. The minimum absolute atomic E-state index is 0.0104. The SMILES string of the molecule is CCN(CC)CCN1C(=O)C(=O)C(=C(O)c2ccc(OCC(C)C)cc2C)[C@@H]1c1ccc(O)c(OC)c1. The fourth-order valence-electron chi connectivity index (χ4n) is 4.51. The normalized spacial score (nSPS) is 17.2. The summed E-state index contributed by atoms with van der Waals surface area (Å²) in [6, 6.07) is 9.14. The molecule has 2 N–H and O–H groups in total. The zero-order valence-corrected chi connectivity index (χ0v) is 22.6. The molecule has 8 heteroatoms. The molecule has 1 heterocycles. The molecule has 1 amide bonds. The number of likely N-dealkylation sites (N-methyl/N-ethyl adjacent to an activating group) is 1. The molecule has 0 radical (unpaired) electrons. The lowest BCUT2D eigenvalue weighted by atomic mass is 9.93. The number of amides is 1. The highest BCUT2D eigenvalue weighted by Gasteiger charge is 2.46. The van der Waals surface area contributed by atoms with Gasteiger partial charge >= 0.3 is 0 Å². The number of aliphatic hydroxyl groups is 1. The molecular weight excluding hydrogens is 472 g/mol. The first-order valence-electron chi connectivity index (χ1n) is 12.7. The number of hydrogen-bond donors (Lipinski definition) is 2. The summed E-state index contributed by atoms with van der Waals surface area (Å²) in [5, 5.41) is 21.6. The van der Waals surface area contributed by atoms with E-state index in [9.17, 15) is 19.8 Å². The maximum Gasteiger partial charge on any atom is 0.295 e. The topological polar surface area (TPSA) is 99.5 Å². The molecule has 0 aromatic heterocycles. The van der Waals surface area contributed by atoms with Crippen LogP contribution in [0, 0.1) is 12.8 Å². The molecule has 0 aliphatic carbocycles. The number of carbonyl (C=O) groups is 2. The van der Waals surface area contributed by atoms with Crippen LogP contribution >= 0.6 is 0 Å². The highest BCUT2D eigenvalue weighted by atomic mass is 16.5. The first-order valence-corrected chi connectivity index (χ1v) is 12.7. The Morgan fingerprint density at radius 3 is 2.41 bits per heavy atom. The van der Waals surface area contributed by atoms with E-state index >= 15 is 0 Å². The van der Waals surface area contributed by atoms with Crippen molar-refractivity contribution in [2.45, 2.75) is 40.7 Å². The predicted octanol–water partition coefficient (Wildman–Crippen LogP) is 4.51. The van der Waals surface area contributed by atoms with Crippen LogP contribution in [0.5, 0.6) is 17.2 Å². The first-order chi connectivity index (χ1) is 17.6. The molecule has 200 valence electrons. The van der Waals surface area contributed by atoms with Crippen LogP contribution in [-0.4, -0.2) is 71.6 Å². The lowest BCUT2D eigenvalue weighted by molar-refractivity contribution is -0.140. The summed E-state index contributed by atoms with van der Waals surface area (Å²) in [6.45, 7) is 13.1. The number of aliphatic hydroxyl groups excluding tert-OH is 1. The van der Waals surface area contributed by atoms with Gasteiger partial charge in [-0.1, -0.05) is 33.8 Å². The van der Waals surface area contributed by atoms with Crippen LogP contribution < -0.4 is 9.47 Å². The number of aromatic hydroxyl groups is 1. The van der Waals surface area contributed by atoms with Crippen molar-refractivity contribution in [2.75, 3.05) is 39.9 Å². The van der Waals surface area contributed by atoms with Crippen molar-refractivity contribution in [3.05, 3.63) is 58.7 Å². The summed E-state index contributed by atoms with van der Waals surface area (Å²) in [5.74, 6) is -0.457. The number of methoxy groups -OCH3 is 1. The minimum atomic E-state index is -0.832. The molecule has 8 nitrogen and oxygen atoms in total. The van der Waals surface area contributed by atoms with Gasteiger partial charge in [0.1, 0.15) is 11.5 Å². The quantitative estimate of drug-likeness (QED) is 0.261. The summed E-state index contributed by atoms with van der Waals surface area (Å²) < 4.78 is 11.1. The van der Waals surface area contributed by atoms with E-state index in [-0.39, 0.29) is 22.8 Å². The van der Waals surface area contributed by atoms with Gasteiger partial charge in [0.25, 0.3) is 11.7 Å². The third-order valence-corrected chi connectivity index (χ3v) is 6.65. The summed E-state index contributed by atoms with van der Waals surface area (Å²) in [7, 11) is 1.43. The molecule has 1 fully saturated rings. The van der Waals surface area contributed by atoms with Crippen molar-refractivity contribution in [3.8, 4) is 17.2 Å². The number of aryl methyl sites for hydroxylation is 1. The molecule has 0 unspecified atom stereocenters. The predicted molar refractivity (Wildman–Crippen MR) is 143 cm³/mol. The van der Waals surface area contributed by atoms with Gasteiger partial charge in [-0.05, 0) is 67.4 Å². The summed E-state index contributed by atoms with van der Waals surface area (Å²) in [6.07, 6.45) is 0. The lowest BCUT2D eigenvalue weighted by Gasteiger charge is -2.28. The molecule has 0 spiro atoms. The van der Waals surface area contributed by atoms with Crippen molar-refractivity contribution in [1.82, 2.24) is 9.80 Å². The van der Waals surface area contributed by atoms with Gasteiger partial charge in [-0.15, -0.1) is 0 Å². The summed E-state index contributed by atoms with van der Waals surface area (Å²) in [5.41, 5.74) is 1.74. The van der Waals surface area contributed by atoms with Crippen molar-refractivity contribution in [1.29, 1.82) is 0 Å². The molecule has 37 heavy (non-hydrogen) atoms. The second-order valence-corrected chi connectivity index (χ2v) is 9.63. The van der Waals surface area contributed by atoms with Crippen LogP contribution in [0.4, 0.5) is 0 Å². The number of ketones is 1. The smallest absolute Gasteiger partial charge is 0.295 e. The van der Waals surface area contributed by atoms with E-state index in [1.54, 1.807) is 24.3 Å². The number of carbonyl (C=O) groups excluding carboxylic acids is 2. The highest BCUT2D eigenvalue weighted by molar-refractivity contribution is 6.46. The number of likely N-dealkylation sites (tertiary alicyclic amines) is 1. The van der Waals surface area contributed by atoms with Gasteiger partial charge in [0.05, 0.1) is 25.3 Å². The van der Waals surface area contributed by atoms with Gasteiger partial charge in [0.15, 0.2) is 11.5 Å². The standard InChI is InChI=1S/C29H38N2O6/c1-7-30(8-2)13-14-31-26(20-9-12-23(32)24(16-20)36-6)25(28(34)29(31)35)27(33)22-11-10-21(15-19(22)5)37-17-18(3)4/h9-12,15-16,18,26,32-33H,7-8,13-14,17H2,1-6H3/t26-/m0/s1. The fourth-order valence-corrected chi connectivity index (χ4v) is 4.51. The Hall–Kier alpha value is -3.52. The van der Waals surface area contributed by atoms with Crippen LogP contribution in [-0.2, 0) is 9.59 Å². The third kappa shape index (κ3) is 6.07. The van der Waals surface area contributed by atoms with Crippen LogP contribution in [0.2, 0.25) is 0 Å². The summed E-state index contributed by atoms with van der Waals surface area (Å²) in [4.78, 5) is 30.2. The molecule has 0 bridgehead atoms. The molecule has 2 aromatic carbocycles. The third-order valence-electron chi connectivity index (χ3n) is 6.65. The first kappa shape index (κ1) is 28.1. The zero-order chi connectivity index (χ0) is 27.3. The van der Waals surface area contributed by atoms with E-state index in [0.29, 0.717) is 42.5 Å². The van der Waals surface area contributed by atoms with Gasteiger partial charge in [0.2, 0.25) is 0 Å². The Bertz CT molecular complexity index is 1170. The van der Waals surface area contributed by atoms with Crippen molar-refractivity contribution in [3.63, 3.8) is 0 Å². The zero-order valence-electron chi connectivity index (χ0n) is 22.6. The molecule has 1 aliphatic heterocycles. The van der Waals surface area contributed by atoms with Crippen LogP contribution in [0.25, 0.3) is 5.76 Å². The second kappa shape index (κ2) is 12.1. The molecule has 2 aromatic rings. The monoisotopic (exact) mass is 510 g/mol. The molecule has 1 atom stereocenters. The molecule has 0 saturated carbocycles. The maximum atomic E-state index is 13.3. The Labute approximate surface area is 219 Å². The largest absolute Gasteiger partial charge is 0.507 e. The number of benzene rings is 2. The van der Waals surface area contributed by atoms with Crippen LogP contribution in [0.15, 0.2) is 42.0 Å². The van der Waals surface area contributed by atoms with Gasteiger partial charge in [0, 0.05) is 18.7 Å². The Kier molecular flexibility index (Phi) is 9.21. The van der Waals surface area contributed by atoms with Crippen molar-refractivity contribution >= 4 is 17.4 Å². The number of Topliss-reactive ketones (excluding diaryl/α,β-unsaturated/α-hetero) is 1. The van der Waals surface area contributed by atoms with Gasteiger partial charge < -0.3 is 29.5 Å². The van der Waals surface area contributed by atoms with Crippen LogP contribution in [0.3, 0.4) is 0 Å². The van der Waals surface area contributed by atoms with Gasteiger partial charge in [-0.3, -0.25) is 9.59 Å². The number of nitrogens with zero attached hydrogens (tertiary/aromatic N) is 2. The average Bonchev–Trinajstić information content (AvgIpc) is 3.13. The van der Waals surface area contributed by atoms with Gasteiger partial charge in [-0.2, -0.15) is 0 Å². The van der Waals surface area contributed by atoms with Crippen molar-refractivity contribution in [2.24, 2.45) is 5.92 Å². The van der Waals surface area contributed by atoms with E-state index < -0.39 is 17.7 Å². The Balaban J connectivity index is 2.11. The van der Waals surface area contributed by atoms with E-state index in [4.69, 9.17) is 9.47 Å². The fraction of sp³-hybridized carbons (Fsp3) is 0.448. The molecule has 1 aliphatic rings. The number of phenols is 1. The second-order valence-electron chi connectivity index (χ2n) is 9.63. The van der Waals surface area contributed by atoms with E-state index in [0.717, 1.165) is 18.7 Å². The van der Waals surface area contributed by atoms with Gasteiger partial charge in [-0.25, -0.2) is 0 Å². The molecule has 3 rings (SSSR count). The minimum Gasteiger partial charge on any atom is -0.507 e. The molecular formula is C29H38N2O6. The number of hydrogen-bond acceptors (Lipinski definition) is 7. The van der Waals surface area contributed by atoms with E-state index in [2.05, 4.69) is 18.7 Å². The van der Waals surface area contributed by atoms with E-state index in [1.165, 1.54) is 18.1 Å². The van der Waals surface area contributed by atoms with E-state index in [1.807, 2.05) is 26.8 Å². The van der Waals surface area contributed by atoms with Crippen molar-refractivity contribution < 1.29 is 29.3 Å². The summed E-state index contributed by atoms with van der Waals surface area (Å²) >= 11 is 0. The average molecular weight is 511 g/mol.